The summed E-state index contributed by atoms with van der Waals surface area (Å²) in [6, 6.07) is 18.3. The van der Waals surface area contributed by atoms with Gasteiger partial charge in [-0.25, -0.2) is 0 Å². The molecule has 0 fully saturated rings. The van der Waals surface area contributed by atoms with Gasteiger partial charge in [-0.05, 0) is 0 Å². The minimum atomic E-state index is -0.798. The van der Waals surface area contributed by atoms with E-state index in [1.165, 1.54) is 60.5 Å². The summed E-state index contributed by atoms with van der Waals surface area (Å²) in [5, 5.41) is 1.49. The number of hydrogen-bond donors (Lipinski definition) is 0. The van der Waals surface area contributed by atoms with Crippen LogP contribution in [-0.4, -0.2) is 11.0 Å². The molecule has 0 aliphatic heterocycles. The van der Waals surface area contributed by atoms with Gasteiger partial charge in [-0.15, -0.1) is 11.6 Å². The third kappa shape index (κ3) is 3.64. The van der Waals surface area contributed by atoms with E-state index in [-0.39, 0.29) is 0 Å². The standard InChI is InChI=1S/C21H18N.C7H9.CH3Cl.Zr/c1-2-8-16-14-17(13-15(16)7-1)22-20-11-5-3-9-18(20)19-10-4-6-12-21(19)22;1-6-4-3-5-7(6)2;1-2;/h1-3,5,7-9,11,13-14H,4,6,10,12H2;4H,3H2,1-2H3;1H3;. The van der Waals surface area contributed by atoms with Crippen molar-refractivity contribution >= 4 is 34.3 Å². The summed E-state index contributed by atoms with van der Waals surface area (Å²) in [6.07, 6.45) is 12.7. The van der Waals surface area contributed by atoms with Crippen molar-refractivity contribution in [2.24, 2.45) is 0 Å². The number of para-hydroxylation sites is 1. The Bertz CT molecular complexity index is 1270. The Labute approximate surface area is 208 Å². The predicted molar refractivity (Wildman–Crippen MR) is 135 cm³/mol. The molecule has 0 amide bonds. The molecular weight excluding hydrogens is 489 g/mol. The van der Waals surface area contributed by atoms with E-state index in [4.69, 9.17) is 0 Å². The normalized spacial score (nSPS) is 19.2. The van der Waals surface area contributed by atoms with Gasteiger partial charge in [0.2, 0.25) is 0 Å². The van der Waals surface area contributed by atoms with Crippen LogP contribution in [0.25, 0.3) is 22.7 Å². The number of alkyl halides is 1. The minimum absolute atomic E-state index is 0.607. The fraction of sp³-hybridized carbons (Fsp3) is 0.310. The zero-order valence-electron chi connectivity index (χ0n) is 19.2. The van der Waals surface area contributed by atoms with E-state index in [0.29, 0.717) is 3.63 Å². The van der Waals surface area contributed by atoms with E-state index in [1.807, 2.05) is 0 Å². The third-order valence-corrected chi connectivity index (χ3v) is 11.8. The third-order valence-electron chi connectivity index (χ3n) is 7.32. The Kier molecular flexibility index (Phi) is 6.46. The van der Waals surface area contributed by atoms with Crippen LogP contribution in [0.1, 0.15) is 59.1 Å². The van der Waals surface area contributed by atoms with Crippen LogP contribution in [-0.2, 0) is 36.1 Å². The van der Waals surface area contributed by atoms with Gasteiger partial charge in [0.25, 0.3) is 0 Å². The van der Waals surface area contributed by atoms with E-state index in [0.717, 1.165) is 0 Å². The molecule has 1 heterocycles. The summed E-state index contributed by atoms with van der Waals surface area (Å²) < 4.78 is 5.09. The molecule has 2 aromatic carbocycles. The number of benzene rings is 2. The van der Waals surface area contributed by atoms with Crippen molar-refractivity contribution in [3.63, 3.8) is 0 Å². The van der Waals surface area contributed by atoms with Crippen LogP contribution in [0.5, 0.6) is 0 Å². The zero-order chi connectivity index (χ0) is 22.2. The van der Waals surface area contributed by atoms with Gasteiger partial charge in [0.15, 0.2) is 0 Å². The van der Waals surface area contributed by atoms with Crippen LogP contribution in [0.2, 0.25) is 0 Å². The van der Waals surface area contributed by atoms with E-state index in [1.54, 1.807) is 31.4 Å². The van der Waals surface area contributed by atoms with E-state index >= 15 is 0 Å². The molecule has 0 spiro atoms. The predicted octanol–water partition coefficient (Wildman–Crippen LogP) is 8.13. The average Bonchev–Trinajstić information content (AvgIpc) is 3.48. The topological polar surface area (TPSA) is 4.93 Å². The summed E-state index contributed by atoms with van der Waals surface area (Å²) in [4.78, 5) is 0. The second kappa shape index (κ2) is 9.32. The molecule has 1 atom stereocenters. The first-order valence-electron chi connectivity index (χ1n) is 11.7. The molecule has 3 aromatic rings. The SMILES string of the molecule is CC1=CC[C]([Zr][CH]2C(n3c4c(c5ccccc53)CCCC4)=Cc3ccccc32)=C1C.CCl. The maximum atomic E-state index is 4.64. The number of nitrogens with zero attached hydrogens (tertiary/aromatic N) is 1. The van der Waals surface area contributed by atoms with E-state index in [9.17, 15) is 0 Å². The Balaban J connectivity index is 0.00000105. The molecular formula is C29H30ClNZr. The second-order valence-corrected chi connectivity index (χ2v) is 12.6. The van der Waals surface area contributed by atoms with Gasteiger partial charge in [-0.3, -0.25) is 0 Å². The Morgan fingerprint density at radius 2 is 1.69 bits per heavy atom. The fourth-order valence-electron chi connectivity index (χ4n) is 5.58. The maximum Gasteiger partial charge on any atom is 0.0108 e. The molecule has 1 nitrogen and oxygen atoms in total. The minimum Gasteiger partial charge on any atom is -0.130 e. The average molecular weight is 519 g/mol. The van der Waals surface area contributed by atoms with Crippen LogP contribution in [0, 0.1) is 0 Å². The monoisotopic (exact) mass is 517 g/mol. The van der Waals surface area contributed by atoms with Crippen molar-refractivity contribution in [1.82, 2.24) is 4.57 Å². The largest absolute Gasteiger partial charge is 0.130 e. The molecule has 6 rings (SSSR count). The van der Waals surface area contributed by atoms with E-state index < -0.39 is 23.2 Å². The van der Waals surface area contributed by atoms with Crippen LogP contribution in [0.3, 0.4) is 0 Å². The van der Waals surface area contributed by atoms with Crippen molar-refractivity contribution in [2.45, 2.75) is 49.6 Å². The molecule has 0 radical (unpaired) electrons. The van der Waals surface area contributed by atoms with Crippen molar-refractivity contribution in [2.75, 3.05) is 6.38 Å². The fourth-order valence-corrected chi connectivity index (χ4v) is 9.91. The molecule has 3 aliphatic rings. The Morgan fingerprint density at radius 3 is 2.50 bits per heavy atom. The van der Waals surface area contributed by atoms with Gasteiger partial charge in [-0.1, -0.05) is 0 Å². The quantitative estimate of drug-likeness (QED) is 0.308. The van der Waals surface area contributed by atoms with Crippen molar-refractivity contribution < 1.29 is 23.2 Å². The number of allylic oxidation sites excluding steroid dienone is 5. The summed E-state index contributed by atoms with van der Waals surface area (Å²) in [7, 11) is 0. The van der Waals surface area contributed by atoms with Crippen LogP contribution >= 0.6 is 11.6 Å². The summed E-state index contributed by atoms with van der Waals surface area (Å²) in [6.45, 7) is 4.64. The van der Waals surface area contributed by atoms with Crippen LogP contribution in [0.15, 0.2) is 69.0 Å². The number of fused-ring (bicyclic) bond motifs is 4. The van der Waals surface area contributed by atoms with Crippen molar-refractivity contribution in [1.29, 1.82) is 0 Å². The number of aromatic nitrogens is 1. The van der Waals surface area contributed by atoms with Gasteiger partial charge >= 0.3 is 191 Å². The zero-order valence-corrected chi connectivity index (χ0v) is 22.4. The molecule has 1 unspecified atom stereocenters. The first-order chi connectivity index (χ1) is 15.7. The first-order valence-corrected chi connectivity index (χ1v) is 15.1. The van der Waals surface area contributed by atoms with Gasteiger partial charge in [0.05, 0.1) is 0 Å². The van der Waals surface area contributed by atoms with Gasteiger partial charge in [0.1, 0.15) is 0 Å². The van der Waals surface area contributed by atoms with E-state index in [2.05, 4.69) is 90.7 Å². The maximum absolute atomic E-state index is 4.64. The number of rotatable bonds is 3. The smallest absolute Gasteiger partial charge is 0.0108 e. The number of halogens is 1. The molecule has 162 valence electrons. The van der Waals surface area contributed by atoms with Gasteiger partial charge < -0.3 is 0 Å². The van der Waals surface area contributed by atoms with Gasteiger partial charge in [-0.2, -0.15) is 0 Å². The Morgan fingerprint density at radius 1 is 0.938 bits per heavy atom. The Hall–Kier alpha value is -1.63. The van der Waals surface area contributed by atoms with Crippen LogP contribution in [0.4, 0.5) is 0 Å². The molecule has 3 aliphatic carbocycles. The van der Waals surface area contributed by atoms with Crippen LogP contribution < -0.4 is 0 Å². The van der Waals surface area contributed by atoms with Crippen molar-refractivity contribution in [3.05, 3.63) is 91.4 Å². The van der Waals surface area contributed by atoms with Crippen molar-refractivity contribution in [3.8, 4) is 0 Å². The molecule has 0 saturated carbocycles. The molecule has 0 saturated heterocycles. The first kappa shape index (κ1) is 22.2. The van der Waals surface area contributed by atoms with Gasteiger partial charge in [0, 0.05) is 6.38 Å². The summed E-state index contributed by atoms with van der Waals surface area (Å²) >= 11 is 3.84. The summed E-state index contributed by atoms with van der Waals surface area (Å²) in [5.74, 6) is 0. The molecule has 0 bridgehead atoms. The second-order valence-electron chi connectivity index (χ2n) is 8.96. The molecule has 1 aromatic heterocycles. The number of aryl methyl sites for hydroxylation is 1. The molecule has 3 heteroatoms. The molecule has 0 N–H and O–H groups in total. The number of hydrogen-bond acceptors (Lipinski definition) is 0. The molecule has 32 heavy (non-hydrogen) atoms. The summed E-state index contributed by atoms with van der Waals surface area (Å²) in [5.41, 5.74) is 12.3.